The summed E-state index contributed by atoms with van der Waals surface area (Å²) in [6.45, 7) is 1.75. The summed E-state index contributed by atoms with van der Waals surface area (Å²) < 4.78 is 47.5. The van der Waals surface area contributed by atoms with E-state index in [9.17, 15) is 18.0 Å². The number of ether oxygens (including phenoxy) is 1. The Labute approximate surface area is 220 Å². The minimum absolute atomic E-state index is 0.191. The zero-order chi connectivity index (χ0) is 27.3. The van der Waals surface area contributed by atoms with Crippen molar-refractivity contribution in [2.45, 2.75) is 38.4 Å². The molecule has 0 spiro atoms. The van der Waals surface area contributed by atoms with Crippen molar-refractivity contribution < 1.29 is 17.9 Å². The predicted octanol–water partition coefficient (Wildman–Crippen LogP) is 4.70. The summed E-state index contributed by atoms with van der Waals surface area (Å²) in [6, 6.07) is 10.9. The van der Waals surface area contributed by atoms with E-state index < -0.39 is 11.9 Å². The first-order valence-corrected chi connectivity index (χ1v) is 12.2. The maximum atomic E-state index is 13.1. The van der Waals surface area contributed by atoms with Crippen molar-refractivity contribution in [2.75, 3.05) is 7.11 Å². The number of halogens is 3. The molecule has 1 fully saturated rings. The van der Waals surface area contributed by atoms with Crippen LogP contribution in [0.3, 0.4) is 0 Å². The lowest BCUT2D eigenvalue weighted by molar-refractivity contribution is -0.141. The van der Waals surface area contributed by atoms with Gasteiger partial charge in [-0.3, -0.25) is 9.36 Å². The molecule has 0 saturated heterocycles. The van der Waals surface area contributed by atoms with Gasteiger partial charge in [0.25, 0.3) is 5.56 Å². The largest absolute Gasteiger partial charge is 0.480 e. The van der Waals surface area contributed by atoms with Crippen LogP contribution in [0.4, 0.5) is 13.2 Å². The molecular formula is C27H22F3N7O2. The molecule has 0 aliphatic heterocycles. The highest BCUT2D eigenvalue weighted by atomic mass is 19.4. The van der Waals surface area contributed by atoms with Gasteiger partial charge in [-0.1, -0.05) is 12.1 Å². The summed E-state index contributed by atoms with van der Waals surface area (Å²) in [5.41, 5.74) is 2.25. The first-order valence-electron chi connectivity index (χ1n) is 12.2. The highest BCUT2D eigenvalue weighted by Crippen LogP contribution is 2.44. The molecule has 1 aliphatic rings. The van der Waals surface area contributed by atoms with E-state index in [1.54, 1.807) is 43.5 Å². The second kappa shape index (κ2) is 9.29. The van der Waals surface area contributed by atoms with Crippen LogP contribution in [0.15, 0.2) is 59.8 Å². The van der Waals surface area contributed by atoms with Gasteiger partial charge in [-0.25, -0.2) is 24.6 Å². The fourth-order valence-electron chi connectivity index (χ4n) is 4.56. The van der Waals surface area contributed by atoms with Crippen molar-refractivity contribution in [3.63, 3.8) is 0 Å². The van der Waals surface area contributed by atoms with Crippen molar-refractivity contribution in [2.24, 2.45) is 0 Å². The van der Waals surface area contributed by atoms with Crippen LogP contribution in [-0.2, 0) is 12.7 Å². The highest BCUT2D eigenvalue weighted by Gasteiger charge is 2.34. The summed E-state index contributed by atoms with van der Waals surface area (Å²) in [5, 5.41) is 4.37. The van der Waals surface area contributed by atoms with Crippen LogP contribution in [0.25, 0.3) is 28.1 Å². The molecule has 9 nitrogen and oxygen atoms in total. The summed E-state index contributed by atoms with van der Waals surface area (Å²) >= 11 is 0. The molecular weight excluding hydrogens is 511 g/mol. The van der Waals surface area contributed by atoms with E-state index >= 15 is 0 Å². The number of alkyl halides is 3. The first kappa shape index (κ1) is 24.7. The lowest BCUT2D eigenvalue weighted by atomic mass is 10.1. The van der Waals surface area contributed by atoms with E-state index in [4.69, 9.17) is 9.72 Å². The molecule has 0 unspecified atom stereocenters. The van der Waals surface area contributed by atoms with Gasteiger partial charge in [-0.05, 0) is 49.6 Å². The van der Waals surface area contributed by atoms with E-state index in [1.807, 2.05) is 0 Å². The second-order valence-electron chi connectivity index (χ2n) is 9.39. The summed E-state index contributed by atoms with van der Waals surface area (Å²) in [4.78, 5) is 30.9. The van der Waals surface area contributed by atoms with Crippen LogP contribution in [0.2, 0.25) is 0 Å². The molecule has 198 valence electrons. The van der Waals surface area contributed by atoms with Crippen LogP contribution in [0.1, 0.15) is 41.4 Å². The van der Waals surface area contributed by atoms with E-state index in [0.29, 0.717) is 45.6 Å². The number of pyridine rings is 1. The van der Waals surface area contributed by atoms with Crippen molar-refractivity contribution >= 4 is 11.0 Å². The standard InChI is InChI=1S/C27H22F3N7O2/c1-15-11-20(27(28,29)30)35-37(15)19-8-3-16(4-9-19)13-36-21(38)10-7-18-12-31-24(34-25(18)36)22-23(17-5-6-17)32-14-33-26(22)39-2/h3-4,7-12,14,17H,5-6,13H2,1-2H3. The van der Waals surface area contributed by atoms with E-state index in [2.05, 4.69) is 20.1 Å². The number of hydrogen-bond acceptors (Lipinski definition) is 7. The molecule has 1 saturated carbocycles. The van der Waals surface area contributed by atoms with E-state index in [-0.39, 0.29) is 12.1 Å². The van der Waals surface area contributed by atoms with E-state index in [1.165, 1.54) is 28.8 Å². The Morgan fingerprint density at radius 2 is 1.82 bits per heavy atom. The van der Waals surface area contributed by atoms with E-state index in [0.717, 1.165) is 30.2 Å². The third kappa shape index (κ3) is 4.62. The smallest absolute Gasteiger partial charge is 0.435 e. The Kier molecular flexibility index (Phi) is 5.89. The van der Waals surface area contributed by atoms with Crippen molar-refractivity contribution in [3.05, 3.63) is 88.0 Å². The lowest BCUT2D eigenvalue weighted by Crippen LogP contribution is -2.21. The molecule has 0 radical (unpaired) electrons. The number of nitrogens with zero attached hydrogens (tertiary/aromatic N) is 7. The lowest BCUT2D eigenvalue weighted by Gasteiger charge is -2.13. The number of rotatable bonds is 6. The fourth-order valence-corrected chi connectivity index (χ4v) is 4.56. The molecule has 39 heavy (non-hydrogen) atoms. The van der Waals surface area contributed by atoms with Gasteiger partial charge in [-0.2, -0.15) is 18.3 Å². The minimum Gasteiger partial charge on any atom is -0.480 e. The number of aromatic nitrogens is 7. The van der Waals surface area contributed by atoms with Crippen molar-refractivity contribution in [3.8, 4) is 23.0 Å². The zero-order valence-corrected chi connectivity index (χ0v) is 21.0. The first-order chi connectivity index (χ1) is 18.7. The minimum atomic E-state index is -4.53. The van der Waals surface area contributed by atoms with Gasteiger partial charge in [0.15, 0.2) is 11.5 Å². The molecule has 12 heteroatoms. The van der Waals surface area contributed by atoms with Gasteiger partial charge >= 0.3 is 6.18 Å². The number of benzene rings is 1. The maximum absolute atomic E-state index is 13.1. The number of aryl methyl sites for hydroxylation is 1. The average Bonchev–Trinajstić information content (AvgIpc) is 3.70. The average molecular weight is 534 g/mol. The van der Waals surface area contributed by atoms with Gasteiger partial charge in [0.05, 0.1) is 25.0 Å². The van der Waals surface area contributed by atoms with Gasteiger partial charge in [0.1, 0.15) is 17.5 Å². The highest BCUT2D eigenvalue weighted by molar-refractivity contribution is 5.78. The summed E-state index contributed by atoms with van der Waals surface area (Å²) in [7, 11) is 1.53. The van der Waals surface area contributed by atoms with Gasteiger partial charge in [0, 0.05) is 29.3 Å². The molecule has 0 N–H and O–H groups in total. The number of fused-ring (bicyclic) bond motifs is 1. The molecule has 0 amide bonds. The number of hydrogen-bond donors (Lipinski definition) is 0. The number of methoxy groups -OCH3 is 1. The topological polar surface area (TPSA) is 101 Å². The molecule has 0 bridgehead atoms. The normalized spacial score (nSPS) is 13.7. The van der Waals surface area contributed by atoms with Gasteiger partial charge in [-0.15, -0.1) is 0 Å². The Balaban J connectivity index is 1.38. The Hall–Kier alpha value is -4.61. The molecule has 1 aromatic carbocycles. The third-order valence-electron chi connectivity index (χ3n) is 6.65. The predicted molar refractivity (Wildman–Crippen MR) is 136 cm³/mol. The molecule has 4 heterocycles. The zero-order valence-electron chi connectivity index (χ0n) is 21.0. The maximum Gasteiger partial charge on any atom is 0.435 e. The molecule has 0 atom stereocenters. The van der Waals surface area contributed by atoms with Gasteiger partial charge in [0.2, 0.25) is 5.88 Å². The molecule has 4 aromatic heterocycles. The van der Waals surface area contributed by atoms with Crippen LogP contribution in [-0.4, -0.2) is 41.4 Å². The van der Waals surface area contributed by atoms with Gasteiger partial charge < -0.3 is 4.74 Å². The Bertz CT molecular complexity index is 1760. The Morgan fingerprint density at radius 3 is 2.49 bits per heavy atom. The van der Waals surface area contributed by atoms with Crippen LogP contribution in [0, 0.1) is 6.92 Å². The second-order valence-corrected chi connectivity index (χ2v) is 9.39. The Morgan fingerprint density at radius 1 is 1.05 bits per heavy atom. The third-order valence-corrected chi connectivity index (χ3v) is 6.65. The quantitative estimate of drug-likeness (QED) is 0.312. The molecule has 5 aromatic rings. The van der Waals surface area contributed by atoms with Crippen LogP contribution in [0.5, 0.6) is 5.88 Å². The van der Waals surface area contributed by atoms with Crippen LogP contribution < -0.4 is 10.3 Å². The molecule has 1 aliphatic carbocycles. The van der Waals surface area contributed by atoms with Crippen LogP contribution >= 0.6 is 0 Å². The summed E-state index contributed by atoms with van der Waals surface area (Å²) in [5.74, 6) is 1.03. The van der Waals surface area contributed by atoms with Crippen molar-refractivity contribution in [1.82, 2.24) is 34.3 Å². The molecule has 6 rings (SSSR count). The SMILES string of the molecule is COc1ncnc(C2CC2)c1-c1ncc2ccc(=O)n(Cc3ccc(-n4nc(C(F)(F)F)cc4C)cc3)c2n1. The fraction of sp³-hybridized carbons (Fsp3) is 0.259. The van der Waals surface area contributed by atoms with Crippen molar-refractivity contribution in [1.29, 1.82) is 0 Å². The summed E-state index contributed by atoms with van der Waals surface area (Å²) in [6.07, 6.45) is 0.611. The monoisotopic (exact) mass is 533 g/mol.